The van der Waals surface area contributed by atoms with Crippen LogP contribution in [0.15, 0.2) is 29.4 Å². The van der Waals surface area contributed by atoms with Crippen molar-refractivity contribution in [2.24, 2.45) is 22.4 Å². The predicted octanol–water partition coefficient (Wildman–Crippen LogP) is 3.26. The molecular weight excluding hydrogens is 294 g/mol. The lowest BCUT2D eigenvalue weighted by atomic mass is 9.90. The lowest BCUT2D eigenvalue weighted by molar-refractivity contribution is -0.384. The molecule has 0 radical (unpaired) electrons. The van der Waals surface area contributed by atoms with Gasteiger partial charge in [0.2, 0.25) is 5.91 Å². The number of carbonyl (C=O) groups excluding carboxylic acids is 1. The molecule has 3 atom stereocenters. The molecule has 2 fully saturated rings. The molecule has 0 saturated heterocycles. The Labute approximate surface area is 135 Å². The zero-order valence-corrected chi connectivity index (χ0v) is 13.4. The Morgan fingerprint density at radius 3 is 2.87 bits per heavy atom. The number of hydrazone groups is 1. The van der Waals surface area contributed by atoms with Gasteiger partial charge >= 0.3 is 0 Å². The topological polar surface area (TPSA) is 84.6 Å². The van der Waals surface area contributed by atoms with Crippen LogP contribution in [0.3, 0.4) is 0 Å². The fraction of sp³-hybridized carbons (Fsp3) is 0.529. The van der Waals surface area contributed by atoms with Crippen LogP contribution in [0, 0.1) is 27.4 Å². The number of benzene rings is 1. The van der Waals surface area contributed by atoms with Gasteiger partial charge in [0.05, 0.1) is 10.6 Å². The Morgan fingerprint density at radius 1 is 1.43 bits per heavy atom. The van der Waals surface area contributed by atoms with Gasteiger partial charge in [-0.1, -0.05) is 31.9 Å². The number of non-ortho nitro benzene ring substituents is 1. The molecule has 1 aromatic rings. The Hall–Kier alpha value is -2.24. The van der Waals surface area contributed by atoms with Crippen LogP contribution in [0.25, 0.3) is 0 Å². The quantitative estimate of drug-likeness (QED) is 0.526. The first-order valence-electron chi connectivity index (χ1n) is 8.02. The number of rotatable bonds is 4. The van der Waals surface area contributed by atoms with Crippen LogP contribution in [0.5, 0.6) is 0 Å². The van der Waals surface area contributed by atoms with E-state index in [4.69, 9.17) is 0 Å². The average molecular weight is 315 g/mol. The van der Waals surface area contributed by atoms with E-state index in [-0.39, 0.29) is 22.9 Å². The van der Waals surface area contributed by atoms with Crippen LogP contribution in [-0.2, 0) is 4.79 Å². The SMILES string of the molecule is C/C(=N/NC(=O)[C@@H]1[C@H]2CCCC[C@@]21C)c1cccc([N+](=O)[O-])c1. The number of fused-ring (bicyclic) bond motifs is 1. The Kier molecular flexibility index (Phi) is 3.92. The van der Waals surface area contributed by atoms with Gasteiger partial charge in [0, 0.05) is 23.6 Å². The minimum absolute atomic E-state index is 0.0177. The monoisotopic (exact) mass is 315 g/mol. The normalized spacial score (nSPS) is 29.6. The first kappa shape index (κ1) is 15.6. The highest BCUT2D eigenvalue weighted by Gasteiger charge is 2.64. The summed E-state index contributed by atoms with van der Waals surface area (Å²) in [5.41, 5.74) is 4.02. The zero-order valence-electron chi connectivity index (χ0n) is 13.4. The summed E-state index contributed by atoms with van der Waals surface area (Å²) in [7, 11) is 0. The van der Waals surface area contributed by atoms with Crippen molar-refractivity contribution in [3.05, 3.63) is 39.9 Å². The molecule has 3 rings (SSSR count). The largest absolute Gasteiger partial charge is 0.273 e. The van der Waals surface area contributed by atoms with Crippen LogP contribution < -0.4 is 5.43 Å². The number of amides is 1. The molecule has 23 heavy (non-hydrogen) atoms. The predicted molar refractivity (Wildman–Crippen MR) is 87.0 cm³/mol. The van der Waals surface area contributed by atoms with Crippen LogP contribution in [0.4, 0.5) is 5.69 Å². The lowest BCUT2D eigenvalue weighted by Gasteiger charge is -2.15. The summed E-state index contributed by atoms with van der Waals surface area (Å²) in [5.74, 6) is 0.528. The summed E-state index contributed by atoms with van der Waals surface area (Å²) in [6.45, 7) is 3.93. The maximum absolute atomic E-state index is 12.4. The average Bonchev–Trinajstić information content (AvgIpc) is 3.18. The molecule has 0 spiro atoms. The van der Waals surface area contributed by atoms with Crippen molar-refractivity contribution in [3.63, 3.8) is 0 Å². The van der Waals surface area contributed by atoms with Gasteiger partial charge in [-0.15, -0.1) is 0 Å². The second kappa shape index (κ2) is 5.76. The molecule has 0 bridgehead atoms. The molecule has 2 aliphatic carbocycles. The van der Waals surface area contributed by atoms with Crippen LogP contribution >= 0.6 is 0 Å². The van der Waals surface area contributed by atoms with E-state index in [1.807, 2.05) is 0 Å². The number of hydrogen-bond donors (Lipinski definition) is 1. The number of nitro benzene ring substituents is 1. The summed E-state index contributed by atoms with van der Waals surface area (Å²) in [5, 5.41) is 15.0. The van der Waals surface area contributed by atoms with Gasteiger partial charge in [0.15, 0.2) is 0 Å². The Bertz CT molecular complexity index is 685. The van der Waals surface area contributed by atoms with Gasteiger partial charge < -0.3 is 0 Å². The second-order valence-electron chi connectivity index (χ2n) is 6.82. The maximum Gasteiger partial charge on any atom is 0.270 e. The van der Waals surface area contributed by atoms with E-state index in [0.717, 1.165) is 12.8 Å². The van der Waals surface area contributed by atoms with Crippen LogP contribution in [0.1, 0.15) is 45.1 Å². The molecule has 0 aliphatic heterocycles. The highest BCUT2D eigenvalue weighted by molar-refractivity contribution is 6.00. The number of carbonyl (C=O) groups is 1. The molecule has 1 aromatic carbocycles. The van der Waals surface area contributed by atoms with Crippen LogP contribution in [0.2, 0.25) is 0 Å². The fourth-order valence-corrected chi connectivity index (χ4v) is 3.97. The van der Waals surface area contributed by atoms with E-state index in [1.54, 1.807) is 19.1 Å². The minimum atomic E-state index is -0.439. The van der Waals surface area contributed by atoms with Crippen molar-refractivity contribution in [2.45, 2.75) is 39.5 Å². The van der Waals surface area contributed by atoms with E-state index in [1.165, 1.54) is 25.0 Å². The summed E-state index contributed by atoms with van der Waals surface area (Å²) in [6.07, 6.45) is 4.65. The molecule has 1 N–H and O–H groups in total. The number of nitrogens with one attached hydrogen (secondary N) is 1. The molecular formula is C17H21N3O3. The van der Waals surface area contributed by atoms with Crippen molar-refractivity contribution < 1.29 is 9.72 Å². The molecule has 6 nitrogen and oxygen atoms in total. The molecule has 2 aliphatic rings. The van der Waals surface area contributed by atoms with Crippen molar-refractivity contribution in [3.8, 4) is 0 Å². The summed E-state index contributed by atoms with van der Waals surface area (Å²) < 4.78 is 0. The maximum atomic E-state index is 12.4. The third-order valence-corrected chi connectivity index (χ3v) is 5.42. The molecule has 0 unspecified atom stereocenters. The molecule has 122 valence electrons. The smallest absolute Gasteiger partial charge is 0.270 e. The van der Waals surface area contributed by atoms with Gasteiger partial charge in [-0.2, -0.15) is 5.10 Å². The van der Waals surface area contributed by atoms with Gasteiger partial charge in [-0.25, -0.2) is 5.43 Å². The van der Waals surface area contributed by atoms with Gasteiger partial charge in [-0.3, -0.25) is 14.9 Å². The highest BCUT2D eigenvalue weighted by atomic mass is 16.6. The van der Waals surface area contributed by atoms with Crippen molar-refractivity contribution >= 4 is 17.3 Å². The van der Waals surface area contributed by atoms with E-state index in [0.29, 0.717) is 17.2 Å². The minimum Gasteiger partial charge on any atom is -0.273 e. The summed E-state index contributed by atoms with van der Waals surface area (Å²) in [4.78, 5) is 22.7. The zero-order chi connectivity index (χ0) is 16.6. The highest BCUT2D eigenvalue weighted by Crippen LogP contribution is 2.66. The third kappa shape index (κ3) is 2.85. The van der Waals surface area contributed by atoms with E-state index >= 15 is 0 Å². The van der Waals surface area contributed by atoms with E-state index in [9.17, 15) is 14.9 Å². The molecule has 2 saturated carbocycles. The fourth-order valence-electron chi connectivity index (χ4n) is 3.97. The molecule has 0 aromatic heterocycles. The second-order valence-corrected chi connectivity index (χ2v) is 6.82. The number of nitro groups is 1. The third-order valence-electron chi connectivity index (χ3n) is 5.42. The first-order chi connectivity index (χ1) is 10.9. The number of hydrogen-bond acceptors (Lipinski definition) is 4. The summed E-state index contributed by atoms with van der Waals surface area (Å²) >= 11 is 0. The molecule has 0 heterocycles. The Balaban J connectivity index is 1.67. The lowest BCUT2D eigenvalue weighted by Crippen LogP contribution is -2.23. The summed E-state index contributed by atoms with van der Waals surface area (Å²) in [6, 6.07) is 6.26. The standard InChI is InChI=1S/C17H21N3O3/c1-11(12-6-5-7-13(10-12)20(22)23)18-19-16(21)15-14-8-3-4-9-17(14,15)2/h5-7,10,14-15H,3-4,8-9H2,1-2H3,(H,19,21)/b18-11-/t14-,15+,17+/m1/s1. The molecule has 6 heteroatoms. The molecule has 1 amide bonds. The first-order valence-corrected chi connectivity index (χ1v) is 8.02. The van der Waals surface area contributed by atoms with Gasteiger partial charge in [0.1, 0.15) is 0 Å². The van der Waals surface area contributed by atoms with Gasteiger partial charge in [-0.05, 0) is 31.1 Å². The van der Waals surface area contributed by atoms with Crippen molar-refractivity contribution in [1.82, 2.24) is 5.43 Å². The Morgan fingerprint density at radius 2 is 2.22 bits per heavy atom. The van der Waals surface area contributed by atoms with Crippen molar-refractivity contribution in [1.29, 1.82) is 0 Å². The van der Waals surface area contributed by atoms with E-state index in [2.05, 4.69) is 17.5 Å². The number of nitrogens with zero attached hydrogens (tertiary/aromatic N) is 2. The van der Waals surface area contributed by atoms with Gasteiger partial charge in [0.25, 0.3) is 5.69 Å². The van der Waals surface area contributed by atoms with E-state index < -0.39 is 4.92 Å². The van der Waals surface area contributed by atoms with Crippen molar-refractivity contribution in [2.75, 3.05) is 0 Å². The van der Waals surface area contributed by atoms with Crippen LogP contribution in [-0.4, -0.2) is 16.5 Å².